The first kappa shape index (κ1) is 16.3. The van der Waals surface area contributed by atoms with E-state index in [9.17, 15) is 9.59 Å². The number of anilines is 1. The van der Waals surface area contributed by atoms with Gasteiger partial charge in [-0.15, -0.1) is 0 Å². The number of rotatable bonds is 6. The predicted molar refractivity (Wildman–Crippen MR) is 90.6 cm³/mol. The maximum absolute atomic E-state index is 12.6. The number of halogens is 1. The van der Waals surface area contributed by atoms with Crippen LogP contribution in [0.3, 0.4) is 0 Å². The summed E-state index contributed by atoms with van der Waals surface area (Å²) in [5.41, 5.74) is 0.713. The summed E-state index contributed by atoms with van der Waals surface area (Å²) >= 11 is 6.19. The molecule has 1 unspecified atom stereocenters. The number of carbonyl (C=O) groups is 2. The van der Waals surface area contributed by atoms with Crippen LogP contribution in [0.15, 0.2) is 24.3 Å². The van der Waals surface area contributed by atoms with Gasteiger partial charge in [-0.2, -0.15) is 0 Å². The maximum atomic E-state index is 12.6. The van der Waals surface area contributed by atoms with Crippen LogP contribution < -0.4 is 15.5 Å². The molecule has 0 radical (unpaired) electrons. The zero-order chi connectivity index (χ0) is 16.2. The fourth-order valence-electron chi connectivity index (χ4n) is 2.88. The van der Waals surface area contributed by atoms with Crippen LogP contribution in [0.2, 0.25) is 5.02 Å². The van der Waals surface area contributed by atoms with E-state index in [1.807, 2.05) is 18.2 Å². The van der Waals surface area contributed by atoms with Crippen molar-refractivity contribution in [3.8, 4) is 0 Å². The molecule has 1 saturated carbocycles. The van der Waals surface area contributed by atoms with Gasteiger partial charge in [0, 0.05) is 6.54 Å². The van der Waals surface area contributed by atoms with Crippen molar-refractivity contribution in [3.63, 3.8) is 0 Å². The first-order valence-corrected chi connectivity index (χ1v) is 8.59. The summed E-state index contributed by atoms with van der Waals surface area (Å²) in [5.74, 6) is 0.528. The zero-order valence-electron chi connectivity index (χ0n) is 13.1. The van der Waals surface area contributed by atoms with E-state index in [-0.39, 0.29) is 18.4 Å². The van der Waals surface area contributed by atoms with Crippen molar-refractivity contribution in [1.82, 2.24) is 10.6 Å². The second-order valence-electron chi connectivity index (χ2n) is 6.28. The average molecular weight is 336 g/mol. The highest BCUT2D eigenvalue weighted by atomic mass is 35.5. The molecule has 5 nitrogen and oxygen atoms in total. The smallest absolute Gasteiger partial charge is 0.249 e. The lowest BCUT2D eigenvalue weighted by Crippen LogP contribution is -2.53. The number of hydrogen-bond donors (Lipinski definition) is 2. The SMILES string of the molecule is O=C(CNCC1CC1)NC1CCCN(c2ccccc2Cl)C1=O. The largest absolute Gasteiger partial charge is 0.343 e. The van der Waals surface area contributed by atoms with Crippen molar-refractivity contribution in [2.24, 2.45) is 5.92 Å². The number of amides is 2. The Balaban J connectivity index is 1.56. The molecule has 1 aromatic rings. The van der Waals surface area contributed by atoms with Crippen LogP contribution in [0.25, 0.3) is 0 Å². The summed E-state index contributed by atoms with van der Waals surface area (Å²) < 4.78 is 0. The Morgan fingerprint density at radius 3 is 2.78 bits per heavy atom. The highest BCUT2D eigenvalue weighted by molar-refractivity contribution is 6.33. The summed E-state index contributed by atoms with van der Waals surface area (Å²) in [6.07, 6.45) is 4.02. The van der Waals surface area contributed by atoms with Crippen molar-refractivity contribution in [2.45, 2.75) is 31.7 Å². The fourth-order valence-corrected chi connectivity index (χ4v) is 3.11. The number of carbonyl (C=O) groups excluding carboxylic acids is 2. The van der Waals surface area contributed by atoms with Crippen molar-refractivity contribution in [1.29, 1.82) is 0 Å². The van der Waals surface area contributed by atoms with Crippen LogP contribution in [0.1, 0.15) is 25.7 Å². The summed E-state index contributed by atoms with van der Waals surface area (Å²) in [7, 11) is 0. The normalized spacial score (nSPS) is 21.3. The summed E-state index contributed by atoms with van der Waals surface area (Å²) in [6, 6.07) is 6.84. The molecule has 1 atom stereocenters. The Kier molecular flexibility index (Phi) is 5.18. The van der Waals surface area contributed by atoms with Crippen LogP contribution in [-0.4, -0.2) is 37.5 Å². The average Bonchev–Trinajstić information content (AvgIpc) is 3.35. The Morgan fingerprint density at radius 2 is 2.04 bits per heavy atom. The topological polar surface area (TPSA) is 61.4 Å². The van der Waals surface area contributed by atoms with Crippen molar-refractivity contribution in [2.75, 3.05) is 24.5 Å². The van der Waals surface area contributed by atoms with E-state index in [0.29, 0.717) is 23.7 Å². The molecule has 0 aromatic heterocycles. The van der Waals surface area contributed by atoms with E-state index < -0.39 is 6.04 Å². The number of hydrogen-bond acceptors (Lipinski definition) is 3. The summed E-state index contributed by atoms with van der Waals surface area (Å²) in [6.45, 7) is 1.79. The van der Waals surface area contributed by atoms with Gasteiger partial charge in [-0.25, -0.2) is 0 Å². The van der Waals surface area contributed by atoms with Gasteiger partial charge in [0.25, 0.3) is 0 Å². The molecule has 2 N–H and O–H groups in total. The molecule has 0 spiro atoms. The molecular formula is C17H22ClN3O2. The van der Waals surface area contributed by atoms with Gasteiger partial charge in [-0.1, -0.05) is 23.7 Å². The number of benzene rings is 1. The molecule has 1 aromatic carbocycles. The van der Waals surface area contributed by atoms with Gasteiger partial charge in [0.1, 0.15) is 6.04 Å². The van der Waals surface area contributed by atoms with E-state index in [0.717, 1.165) is 18.9 Å². The van der Waals surface area contributed by atoms with Crippen LogP contribution >= 0.6 is 11.6 Å². The molecule has 1 saturated heterocycles. The van der Waals surface area contributed by atoms with Gasteiger partial charge >= 0.3 is 0 Å². The molecule has 2 fully saturated rings. The zero-order valence-corrected chi connectivity index (χ0v) is 13.8. The van der Waals surface area contributed by atoms with Gasteiger partial charge < -0.3 is 15.5 Å². The number of nitrogens with zero attached hydrogens (tertiary/aromatic N) is 1. The number of piperidine rings is 1. The first-order chi connectivity index (χ1) is 11.1. The molecule has 1 aliphatic carbocycles. The summed E-state index contributed by atoms with van der Waals surface area (Å²) in [5, 5.41) is 6.55. The van der Waals surface area contributed by atoms with Crippen molar-refractivity contribution in [3.05, 3.63) is 29.3 Å². The lowest BCUT2D eigenvalue weighted by atomic mass is 10.0. The molecule has 0 bridgehead atoms. The quantitative estimate of drug-likeness (QED) is 0.835. The molecule has 3 rings (SSSR count). The van der Waals surface area contributed by atoms with E-state index in [1.165, 1.54) is 12.8 Å². The lowest BCUT2D eigenvalue weighted by Gasteiger charge is -2.33. The monoisotopic (exact) mass is 335 g/mol. The fraction of sp³-hybridized carbons (Fsp3) is 0.529. The van der Waals surface area contributed by atoms with Crippen LogP contribution in [0.4, 0.5) is 5.69 Å². The second kappa shape index (κ2) is 7.32. The Hall–Kier alpha value is -1.59. The summed E-state index contributed by atoms with van der Waals surface area (Å²) in [4.78, 5) is 26.3. The Morgan fingerprint density at radius 1 is 1.26 bits per heavy atom. The Labute approximate surface area is 141 Å². The van der Waals surface area contributed by atoms with Gasteiger partial charge in [0.15, 0.2) is 0 Å². The maximum Gasteiger partial charge on any atom is 0.249 e. The second-order valence-corrected chi connectivity index (χ2v) is 6.69. The molecule has 6 heteroatoms. The van der Waals surface area contributed by atoms with E-state index in [2.05, 4.69) is 10.6 Å². The van der Waals surface area contributed by atoms with Gasteiger partial charge in [0.2, 0.25) is 11.8 Å². The highest BCUT2D eigenvalue weighted by Crippen LogP contribution is 2.28. The lowest BCUT2D eigenvalue weighted by molar-refractivity contribution is -0.128. The minimum absolute atomic E-state index is 0.0834. The van der Waals surface area contributed by atoms with Crippen LogP contribution in [0.5, 0.6) is 0 Å². The van der Waals surface area contributed by atoms with E-state index in [4.69, 9.17) is 11.6 Å². The van der Waals surface area contributed by atoms with Gasteiger partial charge in [-0.05, 0) is 50.3 Å². The highest BCUT2D eigenvalue weighted by Gasteiger charge is 2.31. The molecule has 2 aliphatic rings. The predicted octanol–water partition coefficient (Wildman–Crippen LogP) is 1.95. The molecule has 2 amide bonds. The molecule has 124 valence electrons. The minimum atomic E-state index is -0.463. The molecule has 1 heterocycles. The molecular weight excluding hydrogens is 314 g/mol. The van der Waals surface area contributed by atoms with E-state index in [1.54, 1.807) is 11.0 Å². The first-order valence-electron chi connectivity index (χ1n) is 8.21. The Bertz CT molecular complexity index is 589. The third-order valence-corrected chi connectivity index (χ3v) is 4.65. The minimum Gasteiger partial charge on any atom is -0.343 e. The third kappa shape index (κ3) is 4.24. The van der Waals surface area contributed by atoms with Crippen molar-refractivity contribution < 1.29 is 9.59 Å². The van der Waals surface area contributed by atoms with Gasteiger partial charge in [-0.3, -0.25) is 9.59 Å². The van der Waals surface area contributed by atoms with Crippen LogP contribution in [-0.2, 0) is 9.59 Å². The number of para-hydroxylation sites is 1. The third-order valence-electron chi connectivity index (χ3n) is 4.33. The molecule has 23 heavy (non-hydrogen) atoms. The number of nitrogens with one attached hydrogen (secondary N) is 2. The standard InChI is InChI=1S/C17H22ClN3O2/c18-13-4-1-2-6-15(13)21-9-3-5-14(17(21)23)20-16(22)11-19-10-12-7-8-12/h1-2,4,6,12,14,19H,3,5,7-11H2,(H,20,22). The van der Waals surface area contributed by atoms with Crippen molar-refractivity contribution >= 4 is 29.1 Å². The molecule has 1 aliphatic heterocycles. The van der Waals surface area contributed by atoms with E-state index >= 15 is 0 Å². The van der Waals surface area contributed by atoms with Gasteiger partial charge in [0.05, 0.1) is 17.3 Å². The van der Waals surface area contributed by atoms with Crippen LogP contribution in [0, 0.1) is 5.92 Å².